The fourth-order valence-electron chi connectivity index (χ4n) is 2.64. The molecule has 0 spiro atoms. The lowest BCUT2D eigenvalue weighted by Gasteiger charge is -2.11. The largest absolute Gasteiger partial charge is 0.338 e. The molecule has 0 radical (unpaired) electrons. The van der Waals surface area contributed by atoms with Crippen molar-refractivity contribution in [3.05, 3.63) is 71.9 Å². The number of halogens is 2. The number of hydrogen-bond donors (Lipinski definition) is 0. The highest BCUT2D eigenvalue weighted by atomic mass is 32.2. The lowest BCUT2D eigenvalue weighted by Crippen LogP contribution is -2.03. The average molecular weight is 399 g/mol. The van der Waals surface area contributed by atoms with Gasteiger partial charge in [-0.1, -0.05) is 54.2 Å². The summed E-state index contributed by atoms with van der Waals surface area (Å²) in [6.07, 6.45) is 0.670. The molecule has 0 fully saturated rings. The van der Waals surface area contributed by atoms with E-state index >= 15 is 0 Å². The second kappa shape index (κ2) is 7.89. The first-order chi connectivity index (χ1) is 13.7. The van der Waals surface area contributed by atoms with Gasteiger partial charge in [0.25, 0.3) is 0 Å². The van der Waals surface area contributed by atoms with Crippen LogP contribution in [0.2, 0.25) is 0 Å². The number of aromatic nitrogens is 5. The van der Waals surface area contributed by atoms with Crippen molar-refractivity contribution in [1.29, 1.82) is 0 Å². The van der Waals surface area contributed by atoms with Crippen LogP contribution in [0.25, 0.3) is 17.1 Å². The van der Waals surface area contributed by atoms with Crippen molar-refractivity contribution < 1.29 is 13.3 Å². The predicted molar refractivity (Wildman–Crippen MR) is 99.9 cm³/mol. The van der Waals surface area contributed by atoms with Gasteiger partial charge < -0.3 is 4.52 Å². The van der Waals surface area contributed by atoms with Gasteiger partial charge in [0, 0.05) is 18.1 Å². The maximum absolute atomic E-state index is 14.5. The van der Waals surface area contributed by atoms with Crippen LogP contribution in [0, 0.1) is 11.6 Å². The minimum Gasteiger partial charge on any atom is -0.338 e. The van der Waals surface area contributed by atoms with Crippen LogP contribution in [0.5, 0.6) is 0 Å². The van der Waals surface area contributed by atoms with E-state index in [-0.39, 0.29) is 5.69 Å². The molecule has 0 aliphatic rings. The highest BCUT2D eigenvalue weighted by Crippen LogP contribution is 2.30. The molecule has 142 valence electrons. The van der Waals surface area contributed by atoms with Gasteiger partial charge in [-0.15, -0.1) is 10.2 Å². The van der Waals surface area contributed by atoms with Gasteiger partial charge in [0.05, 0.1) is 11.4 Å². The molecule has 9 heteroatoms. The Hall–Kier alpha value is -3.07. The van der Waals surface area contributed by atoms with Crippen LogP contribution in [0.1, 0.15) is 18.6 Å². The maximum Gasteiger partial charge on any atom is 0.237 e. The van der Waals surface area contributed by atoms with Gasteiger partial charge in [-0.2, -0.15) is 4.98 Å². The van der Waals surface area contributed by atoms with Crippen LogP contribution in [0.15, 0.2) is 58.2 Å². The van der Waals surface area contributed by atoms with E-state index in [1.54, 1.807) is 4.57 Å². The lowest BCUT2D eigenvalue weighted by atomic mass is 10.2. The summed E-state index contributed by atoms with van der Waals surface area (Å²) in [6.45, 7) is 1.93. The highest BCUT2D eigenvalue weighted by Gasteiger charge is 2.20. The van der Waals surface area contributed by atoms with Crippen molar-refractivity contribution in [3.63, 3.8) is 0 Å². The Morgan fingerprint density at radius 3 is 2.61 bits per heavy atom. The molecule has 4 rings (SSSR count). The Morgan fingerprint density at radius 1 is 1.07 bits per heavy atom. The van der Waals surface area contributed by atoms with E-state index in [0.717, 1.165) is 11.6 Å². The summed E-state index contributed by atoms with van der Waals surface area (Å²) < 4.78 is 34.7. The summed E-state index contributed by atoms with van der Waals surface area (Å²) in [5, 5.41) is 12.7. The Balaban J connectivity index is 1.74. The van der Waals surface area contributed by atoms with Crippen LogP contribution in [0.3, 0.4) is 0 Å². The van der Waals surface area contributed by atoms with E-state index < -0.39 is 11.6 Å². The standard InChI is InChI=1S/C19H15F2N5OS/c1-2-16-22-17(27-25-16)11-28-19-24-23-18(12-6-4-3-5-7-12)26(19)15-9-8-13(20)10-14(15)21/h3-10H,2,11H2,1H3. The van der Waals surface area contributed by atoms with Gasteiger partial charge in [-0.05, 0) is 12.1 Å². The smallest absolute Gasteiger partial charge is 0.237 e. The normalized spacial score (nSPS) is 11.1. The Bertz CT molecular complexity index is 1100. The zero-order valence-corrected chi connectivity index (χ0v) is 15.7. The number of thioether (sulfide) groups is 1. The first-order valence-corrected chi connectivity index (χ1v) is 9.54. The molecule has 0 saturated heterocycles. The van der Waals surface area contributed by atoms with Crippen molar-refractivity contribution in [2.75, 3.05) is 0 Å². The minimum absolute atomic E-state index is 0.160. The number of nitrogens with zero attached hydrogens (tertiary/aromatic N) is 5. The molecule has 2 heterocycles. The van der Waals surface area contributed by atoms with Crippen LogP contribution in [-0.4, -0.2) is 24.9 Å². The average Bonchev–Trinajstić information content (AvgIpc) is 3.34. The van der Waals surface area contributed by atoms with Crippen molar-refractivity contribution >= 4 is 11.8 Å². The molecular formula is C19H15F2N5OS. The summed E-state index contributed by atoms with van der Waals surface area (Å²) in [5.74, 6) is 0.507. The fraction of sp³-hybridized carbons (Fsp3) is 0.158. The van der Waals surface area contributed by atoms with Gasteiger partial charge in [0.2, 0.25) is 5.89 Å². The molecule has 0 unspecified atom stereocenters. The molecular weight excluding hydrogens is 384 g/mol. The van der Waals surface area contributed by atoms with E-state index in [0.29, 0.717) is 34.9 Å². The van der Waals surface area contributed by atoms with E-state index in [2.05, 4.69) is 20.3 Å². The van der Waals surface area contributed by atoms with Gasteiger partial charge >= 0.3 is 0 Å². The SMILES string of the molecule is CCc1noc(CSc2nnc(-c3ccccc3)n2-c2ccc(F)cc2F)n1. The summed E-state index contributed by atoms with van der Waals surface area (Å²) >= 11 is 1.28. The molecule has 4 aromatic rings. The van der Waals surface area contributed by atoms with Gasteiger partial charge in [-0.25, -0.2) is 8.78 Å². The molecule has 2 aromatic heterocycles. The summed E-state index contributed by atoms with van der Waals surface area (Å²) in [6, 6.07) is 12.7. The van der Waals surface area contributed by atoms with E-state index in [1.807, 2.05) is 37.3 Å². The van der Waals surface area contributed by atoms with Gasteiger partial charge in [-0.3, -0.25) is 4.57 Å². The molecule has 6 nitrogen and oxygen atoms in total. The van der Waals surface area contributed by atoms with Crippen molar-refractivity contribution in [3.8, 4) is 17.1 Å². The summed E-state index contributed by atoms with van der Waals surface area (Å²) in [7, 11) is 0. The first-order valence-electron chi connectivity index (χ1n) is 8.56. The Kier molecular flexibility index (Phi) is 5.16. The molecule has 2 aromatic carbocycles. The number of rotatable bonds is 6. The summed E-state index contributed by atoms with van der Waals surface area (Å²) in [4.78, 5) is 4.26. The van der Waals surface area contributed by atoms with Gasteiger partial charge in [0.15, 0.2) is 16.8 Å². The number of hydrogen-bond acceptors (Lipinski definition) is 6. The van der Waals surface area contributed by atoms with E-state index in [4.69, 9.17) is 4.52 Å². The lowest BCUT2D eigenvalue weighted by molar-refractivity contribution is 0.385. The Morgan fingerprint density at radius 2 is 1.89 bits per heavy atom. The van der Waals surface area contributed by atoms with Crippen LogP contribution < -0.4 is 0 Å². The number of aryl methyl sites for hydroxylation is 1. The van der Waals surface area contributed by atoms with E-state index in [1.165, 1.54) is 23.9 Å². The highest BCUT2D eigenvalue weighted by molar-refractivity contribution is 7.98. The monoisotopic (exact) mass is 399 g/mol. The molecule has 0 atom stereocenters. The van der Waals surface area contributed by atoms with Crippen molar-refractivity contribution in [2.24, 2.45) is 0 Å². The predicted octanol–water partition coefficient (Wildman–Crippen LogP) is 4.45. The summed E-state index contributed by atoms with van der Waals surface area (Å²) in [5.41, 5.74) is 0.921. The minimum atomic E-state index is -0.704. The molecule has 0 N–H and O–H groups in total. The van der Waals surface area contributed by atoms with Crippen LogP contribution in [-0.2, 0) is 12.2 Å². The third-order valence-electron chi connectivity index (χ3n) is 3.97. The van der Waals surface area contributed by atoms with Gasteiger partial charge in [0.1, 0.15) is 11.6 Å². The third-order valence-corrected chi connectivity index (χ3v) is 4.88. The molecule has 0 saturated carbocycles. The molecule has 0 aliphatic carbocycles. The van der Waals surface area contributed by atoms with Crippen LogP contribution in [0.4, 0.5) is 8.78 Å². The molecule has 0 amide bonds. The zero-order valence-electron chi connectivity index (χ0n) is 14.8. The first kappa shape index (κ1) is 18.3. The topological polar surface area (TPSA) is 69.6 Å². The van der Waals surface area contributed by atoms with E-state index in [9.17, 15) is 8.78 Å². The third kappa shape index (κ3) is 3.65. The molecule has 0 bridgehead atoms. The quantitative estimate of drug-likeness (QED) is 0.446. The molecule has 0 aliphatic heterocycles. The maximum atomic E-state index is 14.5. The van der Waals surface area contributed by atoms with Crippen molar-refractivity contribution in [1.82, 2.24) is 24.9 Å². The van der Waals surface area contributed by atoms with Crippen LogP contribution >= 0.6 is 11.8 Å². The second-order valence-electron chi connectivity index (χ2n) is 5.85. The fourth-order valence-corrected chi connectivity index (χ4v) is 3.42. The zero-order chi connectivity index (χ0) is 19.5. The van der Waals surface area contributed by atoms with Crippen molar-refractivity contribution in [2.45, 2.75) is 24.3 Å². The second-order valence-corrected chi connectivity index (χ2v) is 6.79. The molecule has 28 heavy (non-hydrogen) atoms. The number of benzene rings is 2. The Labute approximate surface area is 163 Å².